The molecule has 0 amide bonds. The van der Waals surface area contributed by atoms with Gasteiger partial charge in [0.15, 0.2) is 0 Å². The second kappa shape index (κ2) is 15.2. The summed E-state index contributed by atoms with van der Waals surface area (Å²) in [6.07, 6.45) is 6.60. The maximum atomic E-state index is 12.7. The highest BCUT2D eigenvalue weighted by atomic mass is 35.5. The Kier molecular flexibility index (Phi) is 10.8. The van der Waals surface area contributed by atoms with Gasteiger partial charge in [0.1, 0.15) is 16.5 Å². The van der Waals surface area contributed by atoms with Crippen LogP contribution in [0.2, 0.25) is 5.02 Å². The van der Waals surface area contributed by atoms with Gasteiger partial charge in [-0.25, -0.2) is 9.78 Å². The van der Waals surface area contributed by atoms with Crippen molar-refractivity contribution in [1.29, 1.82) is 0 Å². The second-order valence-corrected chi connectivity index (χ2v) is 14.3. The van der Waals surface area contributed by atoms with Gasteiger partial charge in [-0.1, -0.05) is 48.0 Å². The predicted octanol–water partition coefficient (Wildman–Crippen LogP) is 8.13. The molecule has 0 fully saturated rings. The van der Waals surface area contributed by atoms with Crippen LogP contribution in [0.15, 0.2) is 59.3 Å². The third-order valence-corrected chi connectivity index (χ3v) is 11.3. The molecule has 48 heavy (non-hydrogen) atoms. The van der Waals surface area contributed by atoms with Crippen LogP contribution in [0.1, 0.15) is 56.1 Å². The van der Waals surface area contributed by atoms with Crippen molar-refractivity contribution in [2.45, 2.75) is 45.3 Å². The number of aryl methyl sites for hydroxylation is 5. The number of fused-ring (bicyclic) bond motifs is 6. The molecule has 6 rings (SSSR count). The second-order valence-electron chi connectivity index (χ2n) is 11.8. The SMILES string of the molecule is C/C=N/N(CCO)/C1=C/c2c(Cl)ccc3c(c(C(=O)O)n(C)c23)CCCOc2cc(cc3ccccc23)CCc2sc(nc2C)CSC1. The van der Waals surface area contributed by atoms with Gasteiger partial charge < -0.3 is 19.5 Å². The first-order valence-electron chi connectivity index (χ1n) is 16.1. The number of hydrogen-bond donors (Lipinski definition) is 2. The highest BCUT2D eigenvalue weighted by Gasteiger charge is 2.24. The molecule has 8 nitrogen and oxygen atoms in total. The maximum absolute atomic E-state index is 12.7. The van der Waals surface area contributed by atoms with E-state index in [1.807, 2.05) is 37.3 Å². The van der Waals surface area contributed by atoms with E-state index in [9.17, 15) is 15.0 Å². The van der Waals surface area contributed by atoms with E-state index in [4.69, 9.17) is 21.3 Å². The number of hydrazone groups is 1. The number of thioether (sulfide) groups is 1. The van der Waals surface area contributed by atoms with E-state index in [2.05, 4.69) is 36.3 Å². The molecule has 0 radical (unpaired) electrons. The summed E-state index contributed by atoms with van der Waals surface area (Å²) in [6, 6.07) is 16.4. The zero-order valence-corrected chi connectivity index (χ0v) is 29.7. The van der Waals surface area contributed by atoms with E-state index in [0.29, 0.717) is 42.3 Å². The lowest BCUT2D eigenvalue weighted by atomic mass is 10.0. The Hall–Kier alpha value is -3.83. The summed E-state index contributed by atoms with van der Waals surface area (Å²) in [6.45, 7) is 4.58. The Balaban J connectivity index is 1.47. The first-order valence-corrected chi connectivity index (χ1v) is 18.4. The van der Waals surface area contributed by atoms with Crippen LogP contribution in [0.5, 0.6) is 5.75 Å². The fraction of sp³-hybridized carbons (Fsp3) is 0.324. The van der Waals surface area contributed by atoms with Crippen LogP contribution in [0.25, 0.3) is 27.8 Å². The molecular formula is C37H39ClN4O4S2. The number of carboxylic acids is 1. The minimum absolute atomic E-state index is 0.0794. The van der Waals surface area contributed by atoms with Gasteiger partial charge in [0.2, 0.25) is 0 Å². The number of aliphatic hydroxyl groups excluding tert-OH is 1. The first kappa shape index (κ1) is 34.0. The fourth-order valence-corrected chi connectivity index (χ4v) is 8.81. The van der Waals surface area contributed by atoms with Crippen molar-refractivity contribution in [3.63, 3.8) is 0 Å². The average Bonchev–Trinajstić information content (AvgIpc) is 3.57. The summed E-state index contributed by atoms with van der Waals surface area (Å²) < 4.78 is 8.17. The van der Waals surface area contributed by atoms with Gasteiger partial charge in [0.25, 0.3) is 0 Å². The number of ether oxygens (including phenoxy) is 1. The van der Waals surface area contributed by atoms with Crippen LogP contribution in [0.4, 0.5) is 0 Å². The minimum atomic E-state index is -0.991. The van der Waals surface area contributed by atoms with Crippen LogP contribution in [0.3, 0.4) is 0 Å². The monoisotopic (exact) mass is 702 g/mol. The molecule has 250 valence electrons. The Morgan fingerprint density at radius 2 is 1.98 bits per heavy atom. The van der Waals surface area contributed by atoms with Gasteiger partial charge in [-0.2, -0.15) is 5.10 Å². The number of nitrogens with zero attached hydrogens (tertiary/aromatic N) is 4. The van der Waals surface area contributed by atoms with Crippen LogP contribution in [-0.2, 0) is 32.1 Å². The number of hydrogen-bond acceptors (Lipinski definition) is 8. The molecular weight excluding hydrogens is 664 g/mol. The molecule has 0 saturated heterocycles. The average molecular weight is 703 g/mol. The summed E-state index contributed by atoms with van der Waals surface area (Å²) in [5.41, 5.74) is 5.57. The molecule has 8 bridgehead atoms. The number of carboxylic acid groups (broad SMARTS) is 1. The normalized spacial score (nSPS) is 15.7. The van der Waals surface area contributed by atoms with Crippen LogP contribution < -0.4 is 4.74 Å². The van der Waals surface area contributed by atoms with Crippen molar-refractivity contribution in [3.05, 3.63) is 97.2 Å². The molecule has 0 saturated carbocycles. The Bertz CT molecular complexity index is 2030. The Morgan fingerprint density at radius 3 is 2.77 bits per heavy atom. The largest absolute Gasteiger partial charge is 0.493 e. The zero-order valence-electron chi connectivity index (χ0n) is 27.3. The van der Waals surface area contributed by atoms with Gasteiger partial charge >= 0.3 is 5.97 Å². The van der Waals surface area contributed by atoms with Gasteiger partial charge in [0, 0.05) is 56.7 Å². The molecule has 0 atom stereocenters. The Morgan fingerprint density at radius 1 is 1.15 bits per heavy atom. The van der Waals surface area contributed by atoms with E-state index in [0.717, 1.165) is 68.0 Å². The quantitative estimate of drug-likeness (QED) is 0.141. The number of aliphatic hydroxyl groups is 1. The number of halogens is 1. The lowest BCUT2D eigenvalue weighted by Gasteiger charge is -2.22. The molecule has 0 spiro atoms. The molecule has 2 aromatic heterocycles. The molecule has 5 aromatic rings. The lowest BCUT2D eigenvalue weighted by Crippen LogP contribution is -2.22. The van der Waals surface area contributed by atoms with Gasteiger partial charge in [-0.15, -0.1) is 23.1 Å². The zero-order chi connectivity index (χ0) is 33.8. The van der Waals surface area contributed by atoms with Crippen LogP contribution >= 0.6 is 34.7 Å². The van der Waals surface area contributed by atoms with Crippen molar-refractivity contribution >= 4 is 74.6 Å². The summed E-state index contributed by atoms with van der Waals surface area (Å²) in [4.78, 5) is 18.9. The number of thiazole rings is 1. The molecule has 11 heteroatoms. The van der Waals surface area contributed by atoms with Gasteiger partial charge in [0.05, 0.1) is 31.0 Å². The molecule has 2 N–H and O–H groups in total. The van der Waals surface area contributed by atoms with E-state index < -0.39 is 5.97 Å². The molecule has 0 unspecified atom stereocenters. The fourth-order valence-electron chi connectivity index (χ4n) is 6.47. The van der Waals surface area contributed by atoms with Crippen molar-refractivity contribution in [2.75, 3.05) is 25.5 Å². The summed E-state index contributed by atoms with van der Waals surface area (Å²) in [5.74, 6) is 1.15. The van der Waals surface area contributed by atoms with Gasteiger partial charge in [-0.3, -0.25) is 5.01 Å². The number of aromatic carboxylic acids is 1. The summed E-state index contributed by atoms with van der Waals surface area (Å²) in [7, 11) is 1.78. The topological polar surface area (TPSA) is 100 Å². The third-order valence-electron chi connectivity index (χ3n) is 8.62. The van der Waals surface area contributed by atoms with Gasteiger partial charge in [-0.05, 0) is 74.3 Å². The lowest BCUT2D eigenvalue weighted by molar-refractivity contribution is 0.0685. The number of aromatic nitrogens is 2. The van der Waals surface area contributed by atoms with Crippen LogP contribution in [0, 0.1) is 6.92 Å². The summed E-state index contributed by atoms with van der Waals surface area (Å²) in [5, 5.41) is 31.2. The van der Waals surface area contributed by atoms with Crippen molar-refractivity contribution in [1.82, 2.24) is 14.6 Å². The van der Waals surface area contributed by atoms with Crippen molar-refractivity contribution in [3.8, 4) is 5.75 Å². The first-order chi connectivity index (χ1) is 23.3. The highest BCUT2D eigenvalue weighted by molar-refractivity contribution is 7.98. The number of rotatable bonds is 5. The standard InChI is InChI=1S/C37H39ClN4O4S2/c1-4-39-42(15-16-43)26-20-30-31(38)13-12-29-28(36(37(44)45)41(3)35(29)30)10-7-17-46-32-19-24(18-25-8-5-6-9-27(25)32)11-14-33-23(2)40-34(48-33)22-47-21-26/h4-6,8-9,12-13,18-20,43H,7,10-11,14-17,21-22H2,1-3H3,(H,44,45)/b26-20+,39-4+. The van der Waals surface area contributed by atoms with Crippen molar-refractivity contribution < 1.29 is 19.7 Å². The maximum Gasteiger partial charge on any atom is 0.352 e. The number of benzene rings is 3. The smallest absolute Gasteiger partial charge is 0.352 e. The molecule has 1 aliphatic rings. The molecule has 1 aliphatic heterocycles. The molecule has 3 aromatic carbocycles. The predicted molar refractivity (Wildman–Crippen MR) is 199 cm³/mol. The van der Waals surface area contributed by atoms with E-state index in [1.54, 1.807) is 45.9 Å². The minimum Gasteiger partial charge on any atom is -0.493 e. The van der Waals surface area contributed by atoms with E-state index >= 15 is 0 Å². The van der Waals surface area contributed by atoms with Crippen molar-refractivity contribution in [2.24, 2.45) is 12.1 Å². The van der Waals surface area contributed by atoms with E-state index in [-0.39, 0.29) is 12.3 Å². The highest BCUT2D eigenvalue weighted by Crippen LogP contribution is 2.36. The summed E-state index contributed by atoms with van der Waals surface area (Å²) >= 11 is 10.4. The third kappa shape index (κ3) is 7.12. The molecule has 0 aliphatic carbocycles. The van der Waals surface area contributed by atoms with Crippen LogP contribution in [-0.4, -0.2) is 62.5 Å². The van der Waals surface area contributed by atoms with E-state index in [1.165, 1.54) is 10.4 Å². The molecule has 3 heterocycles. The number of carbonyl (C=O) groups is 1. The Labute approximate surface area is 293 Å².